The summed E-state index contributed by atoms with van der Waals surface area (Å²) in [5.74, 6) is 1.46. The number of piperidine rings is 2. The minimum atomic E-state index is -0.264. The first-order valence-corrected chi connectivity index (χ1v) is 10.3. The van der Waals surface area contributed by atoms with E-state index in [9.17, 15) is 4.39 Å². The third-order valence-electron chi connectivity index (χ3n) is 6.16. The number of imidazole rings is 1. The molecule has 3 saturated heterocycles. The summed E-state index contributed by atoms with van der Waals surface area (Å²) in [5.41, 5.74) is 3.38. The van der Waals surface area contributed by atoms with Crippen LogP contribution >= 0.6 is 0 Å². The Hall–Kier alpha value is -3.32. The highest BCUT2D eigenvalue weighted by molar-refractivity contribution is 5.81. The predicted octanol–water partition coefficient (Wildman–Crippen LogP) is 3.56. The molecule has 0 spiro atoms. The van der Waals surface area contributed by atoms with Crippen molar-refractivity contribution in [2.45, 2.75) is 24.9 Å². The number of hydrogen-bond donors (Lipinski definition) is 1. The molecular weight excluding hydrogens is 379 g/mol. The van der Waals surface area contributed by atoms with Crippen LogP contribution in [0.5, 0.6) is 0 Å². The summed E-state index contributed by atoms with van der Waals surface area (Å²) >= 11 is 0. The molecule has 6 heterocycles. The molecule has 1 N–H and O–H groups in total. The molecule has 0 saturated carbocycles. The van der Waals surface area contributed by atoms with E-state index in [1.807, 2.05) is 22.8 Å². The molecule has 2 atom stereocenters. The number of halogens is 1. The van der Waals surface area contributed by atoms with Crippen molar-refractivity contribution in [1.82, 2.24) is 24.8 Å². The van der Waals surface area contributed by atoms with E-state index in [0.717, 1.165) is 47.1 Å². The van der Waals surface area contributed by atoms with Crippen molar-refractivity contribution in [3.63, 3.8) is 0 Å². The molecule has 3 aliphatic rings. The number of nitrogens with one attached hydrogen (secondary N) is 1. The lowest BCUT2D eigenvalue weighted by molar-refractivity contribution is 0.289. The lowest BCUT2D eigenvalue weighted by atomic mass is 9.93. The number of rotatable bonds is 3. The van der Waals surface area contributed by atoms with Gasteiger partial charge in [-0.15, -0.1) is 0 Å². The molecule has 3 aliphatic heterocycles. The van der Waals surface area contributed by atoms with E-state index in [0.29, 0.717) is 12.1 Å². The molecule has 7 heteroatoms. The van der Waals surface area contributed by atoms with Gasteiger partial charge in [-0.05, 0) is 61.4 Å². The van der Waals surface area contributed by atoms with Crippen LogP contribution in [0.3, 0.4) is 0 Å². The number of aromatic nitrogens is 4. The Labute approximate surface area is 173 Å². The fourth-order valence-corrected chi connectivity index (χ4v) is 4.63. The zero-order valence-corrected chi connectivity index (χ0v) is 16.4. The Kier molecular flexibility index (Phi) is 4.02. The average Bonchev–Trinajstić information content (AvgIpc) is 3.19. The van der Waals surface area contributed by atoms with Crippen molar-refractivity contribution >= 4 is 17.0 Å². The fraction of sp³-hybridized carbons (Fsp3) is 0.261. The smallest absolute Gasteiger partial charge is 0.167 e. The molecule has 1 aromatic carbocycles. The van der Waals surface area contributed by atoms with Crippen molar-refractivity contribution in [1.29, 1.82) is 0 Å². The topological polar surface area (TPSA) is 58.9 Å². The van der Waals surface area contributed by atoms with Crippen molar-refractivity contribution < 1.29 is 4.39 Å². The first-order valence-electron chi connectivity index (χ1n) is 10.3. The molecule has 0 amide bonds. The lowest BCUT2D eigenvalue weighted by Crippen LogP contribution is -2.61. The Morgan fingerprint density at radius 1 is 0.933 bits per heavy atom. The van der Waals surface area contributed by atoms with E-state index in [1.165, 1.54) is 25.0 Å². The summed E-state index contributed by atoms with van der Waals surface area (Å²) in [5, 5.41) is 3.60. The number of nitrogens with zero attached hydrogens (tertiary/aromatic N) is 5. The highest BCUT2D eigenvalue weighted by atomic mass is 19.1. The minimum absolute atomic E-state index is 0.264. The van der Waals surface area contributed by atoms with Gasteiger partial charge in [-0.3, -0.25) is 9.55 Å². The zero-order chi connectivity index (χ0) is 20.1. The summed E-state index contributed by atoms with van der Waals surface area (Å²) in [6.07, 6.45) is 5.94. The first-order chi connectivity index (χ1) is 14.8. The maximum Gasteiger partial charge on any atom is 0.167 e. The highest BCUT2D eigenvalue weighted by Crippen LogP contribution is 2.32. The van der Waals surface area contributed by atoms with Gasteiger partial charge in [0.05, 0.1) is 5.69 Å². The van der Waals surface area contributed by atoms with Gasteiger partial charge in [0.25, 0.3) is 0 Å². The van der Waals surface area contributed by atoms with E-state index in [1.54, 1.807) is 24.5 Å². The van der Waals surface area contributed by atoms with E-state index in [-0.39, 0.29) is 5.82 Å². The third kappa shape index (κ3) is 2.85. The predicted molar refractivity (Wildman–Crippen MR) is 114 cm³/mol. The second-order valence-corrected chi connectivity index (χ2v) is 7.98. The molecule has 150 valence electrons. The summed E-state index contributed by atoms with van der Waals surface area (Å²) in [7, 11) is 0. The first kappa shape index (κ1) is 17.5. The van der Waals surface area contributed by atoms with Crippen LogP contribution in [0.4, 0.5) is 10.2 Å². The second kappa shape index (κ2) is 6.88. The van der Waals surface area contributed by atoms with Crippen LogP contribution in [0.25, 0.3) is 28.2 Å². The second-order valence-electron chi connectivity index (χ2n) is 7.98. The summed E-state index contributed by atoms with van der Waals surface area (Å²) in [6.45, 7) is 1.99. The summed E-state index contributed by atoms with van der Waals surface area (Å²) in [6, 6.07) is 15.4. The van der Waals surface area contributed by atoms with Gasteiger partial charge < -0.3 is 10.2 Å². The molecule has 3 aromatic heterocycles. The maximum atomic E-state index is 13.5. The Morgan fingerprint density at radius 2 is 1.77 bits per heavy atom. The van der Waals surface area contributed by atoms with Crippen molar-refractivity contribution in [2.75, 3.05) is 18.0 Å². The van der Waals surface area contributed by atoms with E-state index in [2.05, 4.69) is 21.3 Å². The Balaban J connectivity index is 1.53. The van der Waals surface area contributed by atoms with Crippen LogP contribution in [-0.2, 0) is 0 Å². The minimum Gasteiger partial charge on any atom is -0.351 e. The third-order valence-corrected chi connectivity index (χ3v) is 6.16. The molecule has 0 radical (unpaired) electrons. The summed E-state index contributed by atoms with van der Waals surface area (Å²) in [4.78, 5) is 16.5. The van der Waals surface area contributed by atoms with Gasteiger partial charge in [0, 0.05) is 43.1 Å². The molecule has 0 unspecified atom stereocenters. The van der Waals surface area contributed by atoms with Crippen LogP contribution in [0.1, 0.15) is 12.8 Å². The van der Waals surface area contributed by atoms with Gasteiger partial charge in [0.2, 0.25) is 0 Å². The highest BCUT2D eigenvalue weighted by Gasteiger charge is 2.34. The van der Waals surface area contributed by atoms with Gasteiger partial charge >= 0.3 is 0 Å². The maximum absolute atomic E-state index is 13.5. The average molecular weight is 400 g/mol. The number of fused-ring (bicyclic) bond motifs is 4. The fourth-order valence-electron chi connectivity index (χ4n) is 4.63. The van der Waals surface area contributed by atoms with Crippen LogP contribution in [0.2, 0.25) is 0 Å². The van der Waals surface area contributed by atoms with E-state index in [4.69, 9.17) is 9.97 Å². The molecule has 2 bridgehead atoms. The normalized spacial score (nSPS) is 20.8. The number of anilines is 1. The van der Waals surface area contributed by atoms with Gasteiger partial charge in [-0.25, -0.2) is 14.4 Å². The van der Waals surface area contributed by atoms with Gasteiger partial charge in [-0.1, -0.05) is 0 Å². The van der Waals surface area contributed by atoms with Gasteiger partial charge in [-0.2, -0.15) is 0 Å². The molecule has 3 fully saturated rings. The zero-order valence-electron chi connectivity index (χ0n) is 16.4. The number of hydrogen-bond acceptors (Lipinski definition) is 5. The van der Waals surface area contributed by atoms with Crippen molar-refractivity contribution in [2.24, 2.45) is 0 Å². The number of piperazine rings is 1. The molecule has 0 aliphatic carbocycles. The quantitative estimate of drug-likeness (QED) is 0.570. The SMILES string of the molecule is Fc1ccc(-c2nc3ccc(N4C[C@@H]5CC[C@H]4CN5)nc3n2-c2ccncc2)cc1. The Bertz CT molecular complexity index is 1200. The number of benzene rings is 1. The largest absolute Gasteiger partial charge is 0.351 e. The molecular formula is C23H21FN6. The molecule has 4 aromatic rings. The van der Waals surface area contributed by atoms with Gasteiger partial charge in [0.15, 0.2) is 5.65 Å². The van der Waals surface area contributed by atoms with Crippen LogP contribution < -0.4 is 10.2 Å². The van der Waals surface area contributed by atoms with E-state index >= 15 is 0 Å². The molecule has 6 nitrogen and oxygen atoms in total. The van der Waals surface area contributed by atoms with Crippen molar-refractivity contribution in [3.05, 3.63) is 66.7 Å². The lowest BCUT2D eigenvalue weighted by Gasteiger charge is -2.46. The van der Waals surface area contributed by atoms with Crippen molar-refractivity contribution in [3.8, 4) is 17.1 Å². The van der Waals surface area contributed by atoms with Crippen LogP contribution in [-0.4, -0.2) is 44.7 Å². The Morgan fingerprint density at radius 3 is 2.47 bits per heavy atom. The standard InChI is InChI=1S/C23H21FN6/c24-16-3-1-15(2-4-16)22-27-20-7-8-21(29-14-17-5-6-19(29)13-26-17)28-23(20)30(22)18-9-11-25-12-10-18/h1-4,7-12,17,19,26H,5-6,13-14H2/t17-,19-/m0/s1. The van der Waals surface area contributed by atoms with E-state index < -0.39 is 0 Å². The summed E-state index contributed by atoms with van der Waals surface area (Å²) < 4.78 is 15.5. The van der Waals surface area contributed by atoms with Crippen LogP contribution in [0, 0.1) is 5.82 Å². The van der Waals surface area contributed by atoms with Gasteiger partial charge in [0.1, 0.15) is 23.0 Å². The number of pyridine rings is 2. The molecule has 7 rings (SSSR count). The molecule has 30 heavy (non-hydrogen) atoms. The monoisotopic (exact) mass is 400 g/mol. The van der Waals surface area contributed by atoms with Crippen LogP contribution in [0.15, 0.2) is 60.9 Å².